The molecule has 12 saturated carbocycles. The van der Waals surface area contributed by atoms with Gasteiger partial charge in [0.1, 0.15) is 0 Å². The number of fused-ring (bicyclic) bond motifs is 17. The smallest absolute Gasteiger partial charge is 0.241 e. The molecule has 0 radical (unpaired) electrons. The molecule has 6 amide bonds. The Labute approximate surface area is 749 Å². The summed E-state index contributed by atoms with van der Waals surface area (Å²) >= 11 is 0. The van der Waals surface area contributed by atoms with Gasteiger partial charge in [-0.05, 0) is 317 Å². The molecular weight excluding hydrogens is 1610 g/mol. The van der Waals surface area contributed by atoms with Crippen LogP contribution in [0.2, 0.25) is 0 Å². The minimum atomic E-state index is -3.91. The molecule has 0 aliphatic heterocycles. The lowest BCUT2D eigenvalue weighted by Gasteiger charge is -2.63. The number of anilines is 2. The molecule has 22 nitrogen and oxygen atoms in total. The van der Waals surface area contributed by atoms with E-state index in [4.69, 9.17) is 0 Å². The lowest BCUT2D eigenvalue weighted by atomic mass is 9.43. The molecule has 0 bridgehead atoms. The van der Waals surface area contributed by atoms with E-state index in [0.29, 0.717) is 76.0 Å². The van der Waals surface area contributed by atoms with Crippen LogP contribution in [0.25, 0.3) is 21.5 Å². The lowest BCUT2D eigenvalue weighted by Crippen LogP contribution is -2.63. The Kier molecular flexibility index (Phi) is 27.1. The number of carbonyl (C=O) groups excluding carboxylic acids is 6. The normalized spacial score (nSPS) is 40.4. The predicted octanol–water partition coefficient (Wildman–Crippen LogP) is 13.9. The first kappa shape index (κ1) is 92.9. The molecule has 0 heterocycles. The van der Waals surface area contributed by atoms with Crippen molar-refractivity contribution in [3.63, 3.8) is 0 Å². The third-order valence-electron chi connectivity index (χ3n) is 38.9. The average Bonchev–Trinajstić information content (AvgIpc) is 1.43. The minimum Gasteiger partial charge on any atom is -0.393 e. The van der Waals surface area contributed by atoms with Gasteiger partial charge in [-0.3, -0.25) is 28.8 Å². The van der Waals surface area contributed by atoms with E-state index < -0.39 is 57.5 Å². The van der Waals surface area contributed by atoms with Crippen LogP contribution in [0, 0.1) is 139 Å². The summed E-state index contributed by atoms with van der Waals surface area (Å²) in [5, 5.41) is 96.7. The highest BCUT2D eigenvalue weighted by molar-refractivity contribution is 7.89. The van der Waals surface area contributed by atoms with E-state index in [1.54, 1.807) is 18.2 Å². The van der Waals surface area contributed by atoms with Gasteiger partial charge in [0, 0.05) is 118 Å². The molecule has 694 valence electrons. The van der Waals surface area contributed by atoms with E-state index in [0.717, 1.165) is 130 Å². The summed E-state index contributed by atoms with van der Waals surface area (Å²) in [4.78, 5) is 83.5. The zero-order chi connectivity index (χ0) is 89.6. The van der Waals surface area contributed by atoms with Gasteiger partial charge in [-0.1, -0.05) is 123 Å². The number of hydrogen-bond donors (Lipinski definition) is 13. The van der Waals surface area contributed by atoms with Gasteiger partial charge < -0.3 is 67.4 Å². The summed E-state index contributed by atoms with van der Waals surface area (Å²) in [6, 6.07) is 24.7. The molecule has 0 unspecified atom stereocenters. The summed E-state index contributed by atoms with van der Waals surface area (Å²) in [6.45, 7) is 21.0. The van der Waals surface area contributed by atoms with Gasteiger partial charge in [0.05, 0.1) is 41.5 Å². The zero-order valence-corrected chi connectivity index (χ0v) is 78.0. The monoisotopic (exact) mass is 1760 g/mol. The van der Waals surface area contributed by atoms with Crippen LogP contribution < -0.4 is 41.5 Å². The van der Waals surface area contributed by atoms with Crippen molar-refractivity contribution in [1.29, 1.82) is 0 Å². The van der Waals surface area contributed by atoms with Crippen LogP contribution in [0.1, 0.15) is 255 Å². The standard InChI is InChI=1S/C103H152N8O14S/c1-58(25-34-89(118)105-47-41-93(122)108-66-38-44-99(5)63(50-66)53-83(113)97-76-33-30-73(103(76,9)88(117)57-79(97)99)60(3)27-36-91(120)110-80-22-14-18-61-17-12-13-19-68(61)80)71-28-31-74-95-77(55-86(115)101(71,74)7)98(4)43-37-65(49-62(98)52-82(95)112)107-92(121)40-46-104-90(119)35-26-59(2)72-29-32-75-96-78(56-87(116)102(72,75)8)100(6)45-39-67(51-64(100)54-84(96)114)109-94(123)42-48-106-126(124,125)85-24-16-20-69-70(85)21-15-23-81(69)111(10)11/h12-24,58-60,62-67,71-79,82-84,86-88,95-97,106,112-117H,25-57H2,1-11H3,(H,104,119)(H,105,118)(H,107,121)(H,108,122)(H,109,123)(H,110,120)/t58-,59-,60-,62+,63+,64+,65-,66-,67-,71-,72-,73-,74+,75+,76+,77+,78+,79+,82-,83-,84-,86+,87+,88+,95+,96+,97+,98+,99+,100+,101-,102-,103-/m1/s1. The molecule has 4 aromatic rings. The zero-order valence-electron chi connectivity index (χ0n) is 77.2. The number of aliphatic hydroxyl groups excluding tert-OH is 6. The topological polar surface area (TPSA) is 345 Å². The van der Waals surface area contributed by atoms with Crippen LogP contribution in [0.15, 0.2) is 83.8 Å². The number of amides is 6. The highest BCUT2D eigenvalue weighted by Crippen LogP contribution is 2.73. The van der Waals surface area contributed by atoms with Crippen molar-refractivity contribution in [3.8, 4) is 0 Å². The van der Waals surface area contributed by atoms with Crippen LogP contribution in [0.4, 0.5) is 11.4 Å². The van der Waals surface area contributed by atoms with Gasteiger partial charge in [-0.15, -0.1) is 0 Å². The molecule has 0 aromatic heterocycles. The first-order valence-corrected chi connectivity index (χ1v) is 50.8. The Morgan fingerprint density at radius 3 is 1.18 bits per heavy atom. The Hall–Kier alpha value is -6.31. The Balaban J connectivity index is 0.428. The highest BCUT2D eigenvalue weighted by atomic mass is 32.2. The second-order valence-corrected chi connectivity index (χ2v) is 46.6. The molecule has 126 heavy (non-hydrogen) atoms. The van der Waals surface area contributed by atoms with Crippen molar-refractivity contribution in [1.82, 2.24) is 31.3 Å². The second kappa shape index (κ2) is 36.7. The molecule has 12 aliphatic carbocycles. The van der Waals surface area contributed by atoms with Crippen molar-refractivity contribution in [2.75, 3.05) is 43.9 Å². The molecule has 33 atom stereocenters. The SMILES string of the molecule is C[C@H](CCC(=O)NCCC(=O)N[C@@H]1CC[C@@]2(C)[C@@H](C1)C[C@@H](O)[C@@H]1[C@@H]2C[C@H](O)[C@]2(C)[C@@H]([C@H](C)CCC(=O)Nc3cccc4ccccc34)CC[C@@H]12)[C@H]1CC[C@H]2[C@@H]3[C@H](O)C[C@@H]4C[C@H](NC(=O)CCNC(=O)CC[C@@H](C)[C@H]5CC[C@H]6[C@@H]7[C@H](O)C[C@@H]8C[C@H](NC(=O)CCNS(=O)(=O)c9cccc%10c(N(C)C)cccc9%10)CC[C@]8(C)[C@H]7C[C@H](O)[C@]56C)CC[C@]4(C)[C@H]3C[C@H](O)[C@]12C. The molecule has 23 heteroatoms. The number of rotatable bonds is 28. The van der Waals surface area contributed by atoms with Crippen molar-refractivity contribution in [2.45, 2.75) is 315 Å². The van der Waals surface area contributed by atoms with Crippen LogP contribution in [-0.4, -0.2) is 163 Å². The average molecular weight is 1760 g/mol. The van der Waals surface area contributed by atoms with Gasteiger partial charge in [-0.25, -0.2) is 13.1 Å². The van der Waals surface area contributed by atoms with Gasteiger partial charge in [0.15, 0.2) is 0 Å². The summed E-state index contributed by atoms with van der Waals surface area (Å²) in [5.41, 5.74) is 0.251. The molecular formula is C103H152N8O14S. The largest absolute Gasteiger partial charge is 0.393 e. The number of sulfonamides is 1. The van der Waals surface area contributed by atoms with Gasteiger partial charge >= 0.3 is 0 Å². The number of hydrogen-bond acceptors (Lipinski definition) is 15. The maximum Gasteiger partial charge on any atom is 0.241 e. The third kappa shape index (κ3) is 17.1. The van der Waals surface area contributed by atoms with Crippen LogP contribution in [0.3, 0.4) is 0 Å². The molecule has 0 saturated heterocycles. The third-order valence-corrected chi connectivity index (χ3v) is 40.4. The van der Waals surface area contributed by atoms with E-state index in [1.807, 2.05) is 67.5 Å². The maximum atomic E-state index is 13.7. The van der Waals surface area contributed by atoms with Crippen LogP contribution in [0.5, 0.6) is 0 Å². The first-order valence-electron chi connectivity index (χ1n) is 49.4. The van der Waals surface area contributed by atoms with Gasteiger partial charge in [0.2, 0.25) is 45.5 Å². The van der Waals surface area contributed by atoms with E-state index >= 15 is 0 Å². The van der Waals surface area contributed by atoms with Gasteiger partial charge in [-0.2, -0.15) is 0 Å². The quantitative estimate of drug-likeness (QED) is 0.0251. The summed E-state index contributed by atoms with van der Waals surface area (Å²) < 4.78 is 29.9. The molecule has 13 N–H and O–H groups in total. The molecule has 12 fully saturated rings. The van der Waals surface area contributed by atoms with Crippen molar-refractivity contribution in [2.24, 2.45) is 139 Å². The van der Waals surface area contributed by atoms with E-state index in [-0.39, 0.29) is 226 Å². The first-order chi connectivity index (χ1) is 59.9. The molecule has 0 spiro atoms. The predicted molar refractivity (Wildman–Crippen MR) is 491 cm³/mol. The molecule has 4 aromatic carbocycles. The van der Waals surface area contributed by atoms with E-state index in [9.17, 15) is 67.8 Å². The fraction of sp³-hybridized carbons (Fsp3) is 0.748. The molecule has 16 rings (SSSR count). The lowest BCUT2D eigenvalue weighted by molar-refractivity contribution is -0.202. The number of nitrogens with zero attached hydrogens (tertiary/aromatic N) is 1. The summed E-state index contributed by atoms with van der Waals surface area (Å²) in [6.07, 6.45) is 17.0. The number of carbonyl (C=O) groups is 6. The van der Waals surface area contributed by atoms with Crippen molar-refractivity contribution >= 4 is 78.4 Å². The minimum absolute atomic E-state index is 0.00376. The van der Waals surface area contributed by atoms with Crippen molar-refractivity contribution < 1.29 is 67.8 Å². The number of nitrogens with one attached hydrogen (secondary N) is 7. The number of aliphatic hydroxyl groups is 6. The Morgan fingerprint density at radius 2 is 0.762 bits per heavy atom. The maximum absolute atomic E-state index is 13.7. The van der Waals surface area contributed by atoms with Crippen LogP contribution >= 0.6 is 0 Å². The molecule has 12 aliphatic rings. The fourth-order valence-corrected chi connectivity index (χ4v) is 33.3. The van der Waals surface area contributed by atoms with E-state index in [2.05, 4.69) is 111 Å². The van der Waals surface area contributed by atoms with Crippen molar-refractivity contribution in [3.05, 3.63) is 78.9 Å². The van der Waals surface area contributed by atoms with E-state index in [1.165, 1.54) is 0 Å². The second-order valence-electron chi connectivity index (χ2n) is 44.9. The Morgan fingerprint density at radius 1 is 0.397 bits per heavy atom. The summed E-state index contributed by atoms with van der Waals surface area (Å²) in [7, 11) is -0.0710. The van der Waals surface area contributed by atoms with Crippen LogP contribution in [-0.2, 0) is 38.8 Å². The Bertz CT molecular complexity index is 4760. The number of benzene rings is 4. The summed E-state index contributed by atoms with van der Waals surface area (Å²) in [5.74, 6) is 2.15. The highest BCUT2D eigenvalue weighted by Gasteiger charge is 2.70. The fourth-order valence-electron chi connectivity index (χ4n) is 32.1. The van der Waals surface area contributed by atoms with Gasteiger partial charge in [0.25, 0.3) is 0 Å².